The Hall–Kier alpha value is -3.67. The highest BCUT2D eigenvalue weighted by molar-refractivity contribution is 5.96. The highest BCUT2D eigenvalue weighted by Gasteiger charge is 2.27. The van der Waals surface area contributed by atoms with Crippen molar-refractivity contribution < 1.29 is 4.79 Å². The van der Waals surface area contributed by atoms with Crippen LogP contribution in [0.5, 0.6) is 0 Å². The maximum Gasteiger partial charge on any atom is 0.278 e. The van der Waals surface area contributed by atoms with Gasteiger partial charge in [-0.05, 0) is 37.0 Å². The van der Waals surface area contributed by atoms with Gasteiger partial charge < -0.3 is 9.88 Å². The van der Waals surface area contributed by atoms with Crippen LogP contribution in [0.4, 0.5) is 5.69 Å². The van der Waals surface area contributed by atoms with E-state index in [0.717, 1.165) is 35.2 Å². The van der Waals surface area contributed by atoms with Gasteiger partial charge in [0.25, 0.3) is 5.56 Å². The van der Waals surface area contributed by atoms with Gasteiger partial charge in [0.15, 0.2) is 0 Å². The summed E-state index contributed by atoms with van der Waals surface area (Å²) in [5.74, 6) is -0.179. The number of fused-ring (bicyclic) bond motifs is 1. The van der Waals surface area contributed by atoms with E-state index in [-0.39, 0.29) is 24.1 Å². The van der Waals surface area contributed by atoms with Gasteiger partial charge in [-0.1, -0.05) is 48.5 Å². The summed E-state index contributed by atoms with van der Waals surface area (Å²) < 4.78 is 3.44. The van der Waals surface area contributed by atoms with Crippen LogP contribution in [0.15, 0.2) is 71.9 Å². The largest absolute Gasteiger partial charge is 0.332 e. The molecule has 6 heteroatoms. The molecule has 2 aromatic heterocycles. The van der Waals surface area contributed by atoms with Crippen molar-refractivity contribution in [3.8, 4) is 11.1 Å². The van der Waals surface area contributed by atoms with Crippen LogP contribution < -0.4 is 10.9 Å². The van der Waals surface area contributed by atoms with Crippen LogP contribution >= 0.6 is 0 Å². The second kappa shape index (κ2) is 7.30. The minimum absolute atomic E-state index is 0.0449. The molecule has 1 fully saturated rings. The summed E-state index contributed by atoms with van der Waals surface area (Å²) in [5, 5.41) is 2.95. The second-order valence-corrected chi connectivity index (χ2v) is 7.79. The van der Waals surface area contributed by atoms with Gasteiger partial charge in [-0.3, -0.25) is 14.2 Å². The Labute approximate surface area is 173 Å². The Morgan fingerprint density at radius 3 is 2.57 bits per heavy atom. The van der Waals surface area contributed by atoms with E-state index in [9.17, 15) is 9.59 Å². The van der Waals surface area contributed by atoms with E-state index >= 15 is 0 Å². The molecule has 1 saturated carbocycles. The normalized spacial score (nSPS) is 13.5. The summed E-state index contributed by atoms with van der Waals surface area (Å²) in [6.07, 6.45) is 5.50. The Morgan fingerprint density at radius 2 is 1.83 bits per heavy atom. The molecule has 1 aliphatic rings. The van der Waals surface area contributed by atoms with Gasteiger partial charge in [0.1, 0.15) is 17.6 Å². The summed E-state index contributed by atoms with van der Waals surface area (Å²) in [7, 11) is 0. The molecule has 0 atom stereocenters. The lowest BCUT2D eigenvalue weighted by atomic mass is 10.1. The molecule has 0 unspecified atom stereocenters. The van der Waals surface area contributed by atoms with Crippen LogP contribution in [0, 0.1) is 6.92 Å². The number of benzene rings is 2. The first kappa shape index (κ1) is 18.4. The number of hydrogen-bond acceptors (Lipinski definition) is 3. The van der Waals surface area contributed by atoms with Crippen LogP contribution in [0.1, 0.15) is 24.4 Å². The monoisotopic (exact) mass is 398 g/mol. The molecule has 2 aromatic carbocycles. The summed E-state index contributed by atoms with van der Waals surface area (Å²) in [4.78, 5) is 30.7. The fraction of sp³-hybridized carbons (Fsp3) is 0.208. The van der Waals surface area contributed by atoms with Gasteiger partial charge in [0.2, 0.25) is 5.91 Å². The van der Waals surface area contributed by atoms with E-state index in [4.69, 9.17) is 0 Å². The molecule has 30 heavy (non-hydrogen) atoms. The van der Waals surface area contributed by atoms with Crippen molar-refractivity contribution in [3.05, 3.63) is 83.0 Å². The Kier molecular flexibility index (Phi) is 4.47. The first-order valence-corrected chi connectivity index (χ1v) is 10.1. The van der Waals surface area contributed by atoms with E-state index in [1.54, 1.807) is 15.5 Å². The maximum absolute atomic E-state index is 13.2. The van der Waals surface area contributed by atoms with E-state index in [2.05, 4.69) is 10.3 Å². The molecule has 5 rings (SSSR count). The maximum atomic E-state index is 13.2. The van der Waals surface area contributed by atoms with Crippen LogP contribution in [0.3, 0.4) is 0 Å². The Morgan fingerprint density at radius 1 is 1.10 bits per heavy atom. The quantitative estimate of drug-likeness (QED) is 0.549. The number of aryl methyl sites for hydroxylation is 1. The van der Waals surface area contributed by atoms with Crippen LogP contribution in [0.2, 0.25) is 0 Å². The molecule has 1 aliphatic carbocycles. The van der Waals surface area contributed by atoms with E-state index in [0.29, 0.717) is 11.0 Å². The molecule has 150 valence electrons. The minimum Gasteiger partial charge on any atom is -0.332 e. The number of anilines is 1. The van der Waals surface area contributed by atoms with E-state index in [1.807, 2.05) is 67.7 Å². The minimum atomic E-state index is -0.179. The number of carbonyl (C=O) groups excluding carboxylic acids is 1. The summed E-state index contributed by atoms with van der Waals surface area (Å²) in [6, 6.07) is 17.7. The van der Waals surface area contributed by atoms with Gasteiger partial charge in [0.05, 0.1) is 6.33 Å². The van der Waals surface area contributed by atoms with Crippen molar-refractivity contribution in [2.75, 3.05) is 5.32 Å². The molecule has 0 saturated heterocycles. The van der Waals surface area contributed by atoms with Gasteiger partial charge in [-0.25, -0.2) is 4.98 Å². The molecule has 4 aromatic rings. The summed E-state index contributed by atoms with van der Waals surface area (Å²) >= 11 is 0. The molecule has 0 aliphatic heterocycles. The predicted octanol–water partition coefficient (Wildman–Crippen LogP) is 4.15. The number of aromatic nitrogens is 3. The number of nitrogens with one attached hydrogen (secondary N) is 1. The third-order valence-corrected chi connectivity index (χ3v) is 5.56. The standard InChI is InChI=1S/C24H22N4O2/c1-16-7-5-6-10-20(16)26-21(29)14-27-13-19(17-8-3-2-4-9-17)22-23(27)24(30)28(15-25-22)18-11-12-18/h2-10,13,15,18H,11-12,14H2,1H3,(H,26,29). The number of amides is 1. The number of carbonyl (C=O) groups is 1. The summed E-state index contributed by atoms with van der Waals surface area (Å²) in [5.41, 5.74) is 4.61. The zero-order valence-corrected chi connectivity index (χ0v) is 16.7. The zero-order valence-electron chi connectivity index (χ0n) is 16.7. The lowest BCUT2D eigenvalue weighted by molar-refractivity contribution is -0.116. The van der Waals surface area contributed by atoms with Crippen molar-refractivity contribution in [2.24, 2.45) is 0 Å². The Balaban J connectivity index is 1.58. The Bertz CT molecular complexity index is 1300. The molecule has 1 N–H and O–H groups in total. The van der Waals surface area contributed by atoms with Gasteiger partial charge in [-0.15, -0.1) is 0 Å². The number of para-hydroxylation sites is 1. The van der Waals surface area contributed by atoms with Crippen molar-refractivity contribution in [1.82, 2.24) is 14.1 Å². The first-order valence-electron chi connectivity index (χ1n) is 10.1. The number of hydrogen-bond donors (Lipinski definition) is 1. The molecule has 6 nitrogen and oxygen atoms in total. The van der Waals surface area contributed by atoms with Crippen molar-refractivity contribution in [3.63, 3.8) is 0 Å². The van der Waals surface area contributed by atoms with Gasteiger partial charge in [0, 0.05) is 23.5 Å². The molecule has 1 amide bonds. The first-order chi connectivity index (χ1) is 14.6. The molecule has 0 bridgehead atoms. The van der Waals surface area contributed by atoms with Gasteiger partial charge >= 0.3 is 0 Å². The molecule has 0 radical (unpaired) electrons. The second-order valence-electron chi connectivity index (χ2n) is 7.79. The average Bonchev–Trinajstić information content (AvgIpc) is 3.52. The van der Waals surface area contributed by atoms with Crippen molar-refractivity contribution >= 4 is 22.6 Å². The average molecular weight is 398 g/mol. The van der Waals surface area contributed by atoms with Gasteiger partial charge in [-0.2, -0.15) is 0 Å². The smallest absolute Gasteiger partial charge is 0.278 e. The fourth-order valence-corrected chi connectivity index (χ4v) is 3.82. The van der Waals surface area contributed by atoms with Crippen molar-refractivity contribution in [1.29, 1.82) is 0 Å². The molecular formula is C24H22N4O2. The lowest BCUT2D eigenvalue weighted by Gasteiger charge is -2.10. The highest BCUT2D eigenvalue weighted by atomic mass is 16.2. The predicted molar refractivity (Wildman–Crippen MR) is 118 cm³/mol. The number of rotatable bonds is 5. The van der Waals surface area contributed by atoms with Crippen LogP contribution in [-0.4, -0.2) is 20.0 Å². The molecular weight excluding hydrogens is 376 g/mol. The topological polar surface area (TPSA) is 68.9 Å². The SMILES string of the molecule is Cc1ccccc1NC(=O)Cn1cc(-c2ccccc2)c2ncn(C3CC3)c(=O)c21. The van der Waals surface area contributed by atoms with E-state index in [1.165, 1.54) is 0 Å². The lowest BCUT2D eigenvalue weighted by Crippen LogP contribution is -2.24. The third-order valence-electron chi connectivity index (χ3n) is 5.56. The summed E-state index contributed by atoms with van der Waals surface area (Å²) in [6.45, 7) is 2.00. The van der Waals surface area contributed by atoms with Crippen molar-refractivity contribution in [2.45, 2.75) is 32.4 Å². The zero-order chi connectivity index (χ0) is 20.7. The highest BCUT2D eigenvalue weighted by Crippen LogP contribution is 2.34. The molecule has 0 spiro atoms. The third kappa shape index (κ3) is 3.30. The molecule has 2 heterocycles. The van der Waals surface area contributed by atoms with E-state index < -0.39 is 0 Å². The number of nitrogens with zero attached hydrogens (tertiary/aromatic N) is 3. The van der Waals surface area contributed by atoms with Crippen LogP contribution in [-0.2, 0) is 11.3 Å². The van der Waals surface area contributed by atoms with Crippen LogP contribution in [0.25, 0.3) is 22.2 Å². The fourth-order valence-electron chi connectivity index (χ4n) is 3.82.